The number of allylic oxidation sites excluding steroid dienone is 2. The maximum Gasteiger partial charge on any atom is 0.152 e. The fourth-order valence-electron chi connectivity index (χ4n) is 0.536. The van der Waals surface area contributed by atoms with E-state index in [-0.39, 0.29) is 11.6 Å². The standard InChI is InChI=1S/C8H12O2/c1-7(9)5-3-4-6-8(2)10/h3,5H,4,6H2,1-2H3/b5-3+. The SMILES string of the molecule is CC(=O)/C=C/CCC(C)=O. The lowest BCUT2D eigenvalue weighted by Crippen LogP contribution is -1.87. The Balaban J connectivity index is 3.36. The Morgan fingerprint density at radius 1 is 1.30 bits per heavy atom. The summed E-state index contributed by atoms with van der Waals surface area (Å²) in [7, 11) is 0. The lowest BCUT2D eigenvalue weighted by Gasteiger charge is -1.85. The molecule has 0 aromatic rings. The highest BCUT2D eigenvalue weighted by atomic mass is 16.1. The Morgan fingerprint density at radius 2 is 1.90 bits per heavy atom. The van der Waals surface area contributed by atoms with Crippen LogP contribution in [0.1, 0.15) is 26.7 Å². The molecule has 2 heteroatoms. The second-order valence-electron chi connectivity index (χ2n) is 2.25. The van der Waals surface area contributed by atoms with Crippen molar-refractivity contribution < 1.29 is 9.59 Å². The molecule has 0 heterocycles. The fraction of sp³-hybridized carbons (Fsp3) is 0.500. The molecule has 0 aliphatic carbocycles. The van der Waals surface area contributed by atoms with Crippen LogP contribution in [0.25, 0.3) is 0 Å². The van der Waals surface area contributed by atoms with Crippen LogP contribution in [-0.4, -0.2) is 11.6 Å². The smallest absolute Gasteiger partial charge is 0.152 e. The minimum absolute atomic E-state index is 0.0311. The van der Waals surface area contributed by atoms with Crippen LogP contribution in [0.3, 0.4) is 0 Å². The van der Waals surface area contributed by atoms with Crippen LogP contribution in [0.4, 0.5) is 0 Å². The molecule has 10 heavy (non-hydrogen) atoms. The van der Waals surface area contributed by atoms with E-state index < -0.39 is 0 Å². The van der Waals surface area contributed by atoms with E-state index in [0.29, 0.717) is 12.8 Å². The van der Waals surface area contributed by atoms with Gasteiger partial charge in [-0.3, -0.25) is 4.79 Å². The van der Waals surface area contributed by atoms with E-state index >= 15 is 0 Å². The molecule has 0 spiro atoms. The van der Waals surface area contributed by atoms with Gasteiger partial charge in [-0.2, -0.15) is 0 Å². The van der Waals surface area contributed by atoms with Gasteiger partial charge < -0.3 is 4.79 Å². The predicted molar refractivity (Wildman–Crippen MR) is 39.7 cm³/mol. The third-order valence-corrected chi connectivity index (χ3v) is 1.02. The van der Waals surface area contributed by atoms with E-state index in [4.69, 9.17) is 0 Å². The fourth-order valence-corrected chi connectivity index (χ4v) is 0.536. The van der Waals surface area contributed by atoms with Crippen molar-refractivity contribution in [2.45, 2.75) is 26.7 Å². The van der Waals surface area contributed by atoms with Gasteiger partial charge in [-0.1, -0.05) is 6.08 Å². The first kappa shape index (κ1) is 9.08. The summed E-state index contributed by atoms with van der Waals surface area (Å²) in [6.07, 6.45) is 4.42. The van der Waals surface area contributed by atoms with E-state index in [1.54, 1.807) is 13.0 Å². The summed E-state index contributed by atoms with van der Waals surface area (Å²) in [4.78, 5) is 20.7. The highest BCUT2D eigenvalue weighted by Gasteiger charge is 1.88. The van der Waals surface area contributed by atoms with Crippen LogP contribution >= 0.6 is 0 Å². The van der Waals surface area contributed by atoms with Gasteiger partial charge in [0.15, 0.2) is 5.78 Å². The van der Waals surface area contributed by atoms with E-state index in [0.717, 1.165) is 0 Å². The quantitative estimate of drug-likeness (QED) is 0.554. The number of rotatable bonds is 4. The summed E-state index contributed by atoms with van der Waals surface area (Å²) < 4.78 is 0. The van der Waals surface area contributed by atoms with Gasteiger partial charge in [0.25, 0.3) is 0 Å². The molecule has 0 amide bonds. The van der Waals surface area contributed by atoms with Crippen molar-refractivity contribution in [1.29, 1.82) is 0 Å². The molecule has 0 bridgehead atoms. The van der Waals surface area contributed by atoms with Crippen LogP contribution in [0.5, 0.6) is 0 Å². The third-order valence-electron chi connectivity index (χ3n) is 1.02. The molecule has 0 saturated heterocycles. The van der Waals surface area contributed by atoms with Crippen molar-refractivity contribution in [2.24, 2.45) is 0 Å². The zero-order valence-corrected chi connectivity index (χ0v) is 6.39. The van der Waals surface area contributed by atoms with Gasteiger partial charge in [0.05, 0.1) is 0 Å². The Kier molecular flexibility index (Phi) is 4.46. The monoisotopic (exact) mass is 140 g/mol. The maximum absolute atomic E-state index is 10.4. The number of Topliss-reactive ketones (excluding diaryl/α,β-unsaturated/α-hetero) is 1. The molecule has 0 aromatic heterocycles. The van der Waals surface area contributed by atoms with E-state index in [2.05, 4.69) is 0 Å². The Hall–Kier alpha value is -0.920. The van der Waals surface area contributed by atoms with Crippen LogP contribution in [0.15, 0.2) is 12.2 Å². The van der Waals surface area contributed by atoms with Gasteiger partial charge in [0, 0.05) is 6.42 Å². The molecule has 0 aliphatic rings. The lowest BCUT2D eigenvalue weighted by molar-refractivity contribution is -0.117. The average molecular weight is 140 g/mol. The van der Waals surface area contributed by atoms with Gasteiger partial charge in [0.1, 0.15) is 5.78 Å². The second kappa shape index (κ2) is 4.91. The summed E-state index contributed by atoms with van der Waals surface area (Å²) in [5.74, 6) is 0.191. The predicted octanol–water partition coefficient (Wildman–Crippen LogP) is 1.50. The van der Waals surface area contributed by atoms with Gasteiger partial charge in [0.2, 0.25) is 0 Å². The number of hydrogen-bond acceptors (Lipinski definition) is 2. The van der Waals surface area contributed by atoms with Crippen LogP contribution in [0, 0.1) is 0 Å². The first-order chi connectivity index (χ1) is 4.63. The van der Waals surface area contributed by atoms with Crippen molar-refractivity contribution >= 4 is 11.6 Å². The molecular formula is C8H12O2. The summed E-state index contributed by atoms with van der Waals surface area (Å²) in [5, 5.41) is 0. The molecule has 0 atom stereocenters. The van der Waals surface area contributed by atoms with Gasteiger partial charge in [-0.15, -0.1) is 0 Å². The molecule has 0 aromatic carbocycles. The molecule has 0 N–H and O–H groups in total. The number of carbonyl (C=O) groups is 2. The number of ketones is 2. The summed E-state index contributed by atoms with van der Waals surface area (Å²) >= 11 is 0. The molecule has 0 unspecified atom stereocenters. The Bertz CT molecular complexity index is 157. The van der Waals surface area contributed by atoms with Crippen molar-refractivity contribution in [2.75, 3.05) is 0 Å². The molecule has 0 aliphatic heterocycles. The molecule has 0 fully saturated rings. The lowest BCUT2D eigenvalue weighted by atomic mass is 10.2. The van der Waals surface area contributed by atoms with Crippen molar-refractivity contribution in [3.63, 3.8) is 0 Å². The molecule has 0 radical (unpaired) electrons. The first-order valence-electron chi connectivity index (χ1n) is 3.29. The number of hydrogen-bond donors (Lipinski definition) is 0. The molecule has 0 rings (SSSR count). The normalized spacial score (nSPS) is 10.2. The largest absolute Gasteiger partial charge is 0.300 e. The second-order valence-corrected chi connectivity index (χ2v) is 2.25. The highest BCUT2D eigenvalue weighted by molar-refractivity contribution is 5.87. The minimum atomic E-state index is 0.0311. The van der Waals surface area contributed by atoms with E-state index in [1.165, 1.54) is 13.0 Å². The first-order valence-corrected chi connectivity index (χ1v) is 3.29. The molecule has 0 saturated carbocycles. The average Bonchev–Trinajstić information content (AvgIpc) is 1.79. The zero-order chi connectivity index (χ0) is 7.98. The summed E-state index contributed by atoms with van der Waals surface area (Å²) in [5.41, 5.74) is 0. The summed E-state index contributed by atoms with van der Waals surface area (Å²) in [6.45, 7) is 3.03. The summed E-state index contributed by atoms with van der Waals surface area (Å²) in [6, 6.07) is 0. The van der Waals surface area contributed by atoms with Gasteiger partial charge >= 0.3 is 0 Å². The van der Waals surface area contributed by atoms with E-state index in [9.17, 15) is 9.59 Å². The third kappa shape index (κ3) is 7.08. The molecule has 2 nitrogen and oxygen atoms in total. The minimum Gasteiger partial charge on any atom is -0.300 e. The Morgan fingerprint density at radius 3 is 2.30 bits per heavy atom. The van der Waals surface area contributed by atoms with Crippen molar-refractivity contribution in [3.05, 3.63) is 12.2 Å². The Labute approximate surface area is 60.9 Å². The van der Waals surface area contributed by atoms with Crippen LogP contribution in [-0.2, 0) is 9.59 Å². The zero-order valence-electron chi connectivity index (χ0n) is 6.39. The highest BCUT2D eigenvalue weighted by Crippen LogP contribution is 1.91. The van der Waals surface area contributed by atoms with Crippen LogP contribution in [0.2, 0.25) is 0 Å². The molecular weight excluding hydrogens is 128 g/mol. The van der Waals surface area contributed by atoms with Gasteiger partial charge in [-0.05, 0) is 26.3 Å². The van der Waals surface area contributed by atoms with Crippen molar-refractivity contribution in [1.82, 2.24) is 0 Å². The van der Waals surface area contributed by atoms with Crippen molar-refractivity contribution in [3.8, 4) is 0 Å². The molecule has 56 valence electrons. The number of carbonyl (C=O) groups excluding carboxylic acids is 2. The topological polar surface area (TPSA) is 34.1 Å². The maximum atomic E-state index is 10.4. The van der Waals surface area contributed by atoms with E-state index in [1.807, 2.05) is 0 Å². The van der Waals surface area contributed by atoms with Gasteiger partial charge in [-0.25, -0.2) is 0 Å². The van der Waals surface area contributed by atoms with Crippen LogP contribution < -0.4 is 0 Å².